The Labute approximate surface area is 113 Å². The average Bonchev–Trinajstić information content (AvgIpc) is 2.45. The van der Waals surface area contributed by atoms with Gasteiger partial charge in [-0.25, -0.2) is 0 Å². The molecule has 0 aliphatic carbocycles. The molecule has 1 atom stereocenters. The van der Waals surface area contributed by atoms with Crippen molar-refractivity contribution in [2.45, 2.75) is 12.3 Å². The molecule has 2 rings (SSSR count). The minimum atomic E-state index is -4.58. The molecule has 0 aliphatic rings. The maximum atomic E-state index is 13.1. The molecular weight excluding hydrogens is 269 g/mol. The van der Waals surface area contributed by atoms with Crippen molar-refractivity contribution in [3.05, 3.63) is 59.9 Å². The van der Waals surface area contributed by atoms with E-state index in [2.05, 4.69) is 4.98 Å². The van der Waals surface area contributed by atoms with Crippen molar-refractivity contribution in [3.8, 4) is 11.8 Å². The second-order valence-electron chi connectivity index (χ2n) is 3.97. The van der Waals surface area contributed by atoms with E-state index in [1.165, 1.54) is 42.6 Å². The van der Waals surface area contributed by atoms with Crippen molar-refractivity contribution in [3.63, 3.8) is 0 Å². The summed E-state index contributed by atoms with van der Waals surface area (Å²) in [6.45, 7) is 0. The Balaban J connectivity index is 2.32. The Morgan fingerprint density at radius 1 is 1.20 bits per heavy atom. The molecule has 20 heavy (non-hydrogen) atoms. The Morgan fingerprint density at radius 3 is 2.60 bits per heavy atom. The molecule has 0 bridgehead atoms. The lowest BCUT2D eigenvalue weighted by atomic mass is 10.1. The highest BCUT2D eigenvalue weighted by Crippen LogP contribution is 2.36. The summed E-state index contributed by atoms with van der Waals surface area (Å²) >= 11 is 0. The number of hydrogen-bond acceptors (Lipinski definition) is 3. The van der Waals surface area contributed by atoms with Gasteiger partial charge in [0.1, 0.15) is 5.75 Å². The van der Waals surface area contributed by atoms with Gasteiger partial charge in [0.2, 0.25) is 6.10 Å². The van der Waals surface area contributed by atoms with Gasteiger partial charge in [-0.3, -0.25) is 4.98 Å². The predicted octanol–water partition coefficient (Wildman–Crippen LogP) is 3.64. The first-order chi connectivity index (χ1) is 9.50. The fraction of sp³-hybridized carbons (Fsp3) is 0.143. The molecular formula is C14H9F3N2O. The van der Waals surface area contributed by atoms with E-state index >= 15 is 0 Å². The second kappa shape index (κ2) is 5.61. The fourth-order valence-corrected chi connectivity index (χ4v) is 1.63. The summed E-state index contributed by atoms with van der Waals surface area (Å²) in [5.74, 6) is -0.0183. The number of rotatable bonds is 3. The first-order valence-electron chi connectivity index (χ1n) is 5.64. The van der Waals surface area contributed by atoms with Gasteiger partial charge in [-0.15, -0.1) is 0 Å². The highest BCUT2D eigenvalue weighted by atomic mass is 19.4. The van der Waals surface area contributed by atoms with E-state index in [9.17, 15) is 13.2 Å². The smallest absolute Gasteiger partial charge is 0.429 e. The first-order valence-corrected chi connectivity index (χ1v) is 5.64. The summed E-state index contributed by atoms with van der Waals surface area (Å²) in [5, 5.41) is 8.74. The van der Waals surface area contributed by atoms with Crippen LogP contribution in [0.1, 0.15) is 17.2 Å². The number of ether oxygens (including phenoxy) is 1. The normalized spacial score (nSPS) is 12.5. The van der Waals surface area contributed by atoms with E-state index in [1.807, 2.05) is 6.07 Å². The van der Waals surface area contributed by atoms with Crippen molar-refractivity contribution < 1.29 is 17.9 Å². The SMILES string of the molecule is N#Cc1cccc(OC(c2cccnc2)C(F)(F)F)c1. The number of halogens is 3. The predicted molar refractivity (Wildman–Crippen MR) is 64.8 cm³/mol. The van der Waals surface area contributed by atoms with Gasteiger partial charge in [-0.05, 0) is 24.3 Å². The van der Waals surface area contributed by atoms with Crippen LogP contribution in [0.3, 0.4) is 0 Å². The van der Waals surface area contributed by atoms with Gasteiger partial charge >= 0.3 is 6.18 Å². The minimum Gasteiger partial charge on any atom is -0.476 e. The zero-order chi connectivity index (χ0) is 14.6. The first kappa shape index (κ1) is 13.9. The van der Waals surface area contributed by atoms with Crippen molar-refractivity contribution in [1.82, 2.24) is 4.98 Å². The van der Waals surface area contributed by atoms with E-state index in [0.29, 0.717) is 0 Å². The van der Waals surface area contributed by atoms with Gasteiger partial charge in [0.05, 0.1) is 11.6 Å². The van der Waals surface area contributed by atoms with E-state index in [4.69, 9.17) is 10.00 Å². The third-order valence-electron chi connectivity index (χ3n) is 2.50. The molecule has 0 spiro atoms. The largest absolute Gasteiger partial charge is 0.476 e. The van der Waals surface area contributed by atoms with Crippen LogP contribution < -0.4 is 4.74 Å². The molecule has 0 saturated carbocycles. The molecule has 0 radical (unpaired) electrons. The second-order valence-corrected chi connectivity index (χ2v) is 3.97. The third-order valence-corrected chi connectivity index (χ3v) is 2.50. The maximum Gasteiger partial charge on any atom is 0.429 e. The standard InChI is InChI=1S/C14H9F3N2O/c15-14(16,17)13(11-4-2-6-19-9-11)20-12-5-1-3-10(7-12)8-18/h1-7,9,13H. The monoisotopic (exact) mass is 278 g/mol. The molecule has 0 N–H and O–H groups in total. The van der Waals surface area contributed by atoms with E-state index in [0.717, 1.165) is 6.20 Å². The summed E-state index contributed by atoms with van der Waals surface area (Å²) < 4.78 is 44.2. The zero-order valence-electron chi connectivity index (χ0n) is 10.1. The quantitative estimate of drug-likeness (QED) is 0.861. The zero-order valence-corrected chi connectivity index (χ0v) is 10.1. The van der Waals surface area contributed by atoms with Crippen LogP contribution in [-0.2, 0) is 0 Å². The van der Waals surface area contributed by atoms with Gasteiger partial charge < -0.3 is 4.74 Å². The molecule has 1 aromatic carbocycles. The van der Waals surface area contributed by atoms with E-state index in [1.54, 1.807) is 0 Å². The van der Waals surface area contributed by atoms with Crippen LogP contribution in [0.5, 0.6) is 5.75 Å². The summed E-state index contributed by atoms with van der Waals surface area (Å²) in [5.41, 5.74) is 0.136. The fourth-order valence-electron chi connectivity index (χ4n) is 1.63. The molecule has 3 nitrogen and oxygen atoms in total. The maximum absolute atomic E-state index is 13.1. The van der Waals surface area contributed by atoms with Crippen molar-refractivity contribution in [2.75, 3.05) is 0 Å². The molecule has 0 aliphatic heterocycles. The number of aromatic nitrogens is 1. The number of hydrogen-bond donors (Lipinski definition) is 0. The van der Waals surface area contributed by atoms with Crippen LogP contribution in [0.4, 0.5) is 13.2 Å². The van der Waals surface area contributed by atoms with Gasteiger partial charge in [-0.1, -0.05) is 12.1 Å². The summed E-state index contributed by atoms with van der Waals surface area (Å²) in [4.78, 5) is 3.66. The Bertz CT molecular complexity index is 620. The Kier molecular flexibility index (Phi) is 3.89. The lowest BCUT2D eigenvalue weighted by Crippen LogP contribution is -2.26. The molecule has 1 heterocycles. The highest BCUT2D eigenvalue weighted by Gasteiger charge is 2.43. The number of alkyl halides is 3. The van der Waals surface area contributed by atoms with Crippen LogP contribution in [0.15, 0.2) is 48.8 Å². The third kappa shape index (κ3) is 3.26. The molecule has 0 saturated heterocycles. The van der Waals surface area contributed by atoms with Gasteiger partial charge in [0.15, 0.2) is 0 Å². The number of nitriles is 1. The Morgan fingerprint density at radius 2 is 2.00 bits per heavy atom. The van der Waals surface area contributed by atoms with Crippen LogP contribution in [-0.4, -0.2) is 11.2 Å². The number of nitrogens with zero attached hydrogens (tertiary/aromatic N) is 2. The molecule has 102 valence electrons. The number of benzene rings is 1. The lowest BCUT2D eigenvalue weighted by molar-refractivity contribution is -0.198. The van der Waals surface area contributed by atoms with Crippen molar-refractivity contribution in [2.24, 2.45) is 0 Å². The van der Waals surface area contributed by atoms with E-state index < -0.39 is 12.3 Å². The van der Waals surface area contributed by atoms with E-state index in [-0.39, 0.29) is 16.9 Å². The summed E-state index contributed by atoms with van der Waals surface area (Å²) in [7, 11) is 0. The van der Waals surface area contributed by atoms with Crippen LogP contribution in [0, 0.1) is 11.3 Å². The van der Waals surface area contributed by atoms with Crippen molar-refractivity contribution >= 4 is 0 Å². The van der Waals surface area contributed by atoms with Gasteiger partial charge in [0, 0.05) is 18.0 Å². The molecule has 0 fully saturated rings. The summed E-state index contributed by atoms with van der Waals surface area (Å²) in [6, 6.07) is 10.1. The van der Waals surface area contributed by atoms with Gasteiger partial charge in [0.25, 0.3) is 0 Å². The van der Waals surface area contributed by atoms with Crippen LogP contribution in [0.25, 0.3) is 0 Å². The lowest BCUT2D eigenvalue weighted by Gasteiger charge is -2.21. The molecule has 1 aromatic heterocycles. The summed E-state index contributed by atoms with van der Waals surface area (Å²) in [6.07, 6.45) is -4.21. The molecule has 0 amide bonds. The van der Waals surface area contributed by atoms with Crippen LogP contribution >= 0.6 is 0 Å². The van der Waals surface area contributed by atoms with Crippen LogP contribution in [0.2, 0.25) is 0 Å². The minimum absolute atomic E-state index is 0.0183. The topological polar surface area (TPSA) is 45.9 Å². The van der Waals surface area contributed by atoms with Crippen molar-refractivity contribution in [1.29, 1.82) is 5.26 Å². The average molecular weight is 278 g/mol. The number of pyridine rings is 1. The Hall–Kier alpha value is -2.55. The molecule has 1 unspecified atom stereocenters. The molecule has 6 heteroatoms. The van der Waals surface area contributed by atoms with Gasteiger partial charge in [-0.2, -0.15) is 18.4 Å². The molecule has 2 aromatic rings. The highest BCUT2D eigenvalue weighted by molar-refractivity contribution is 5.36.